The van der Waals surface area contributed by atoms with Crippen LogP contribution in [0.4, 0.5) is 10.1 Å². The summed E-state index contributed by atoms with van der Waals surface area (Å²) in [5.41, 5.74) is 10.3. The summed E-state index contributed by atoms with van der Waals surface area (Å²) >= 11 is 0. The molecule has 0 radical (unpaired) electrons. The van der Waals surface area contributed by atoms with Crippen LogP contribution in [0.5, 0.6) is 0 Å². The Bertz CT molecular complexity index is 633. The van der Waals surface area contributed by atoms with Crippen LogP contribution >= 0.6 is 0 Å². The highest BCUT2D eigenvalue weighted by molar-refractivity contribution is 7.89. The molecule has 6 nitrogen and oxygen atoms in total. The molecule has 8 heteroatoms. The molecule has 1 aromatic rings. The second-order valence-electron chi connectivity index (χ2n) is 4.76. The van der Waals surface area contributed by atoms with Crippen molar-refractivity contribution >= 4 is 21.6 Å². The predicted molar refractivity (Wildman–Crippen MR) is 71.5 cm³/mol. The summed E-state index contributed by atoms with van der Waals surface area (Å²) in [5.74, 6) is -1.83. The highest BCUT2D eigenvalue weighted by Gasteiger charge is 2.33. The lowest BCUT2D eigenvalue weighted by atomic mass is 9.99. The van der Waals surface area contributed by atoms with Crippen molar-refractivity contribution < 1.29 is 17.6 Å². The number of amides is 1. The lowest BCUT2D eigenvalue weighted by molar-refractivity contribution is -0.122. The van der Waals surface area contributed by atoms with Crippen molar-refractivity contribution in [3.05, 3.63) is 24.0 Å². The van der Waals surface area contributed by atoms with Gasteiger partial charge in [0.1, 0.15) is 10.7 Å². The Balaban J connectivity index is 2.35. The average molecular weight is 301 g/mol. The zero-order valence-corrected chi connectivity index (χ0v) is 11.6. The number of nitrogen functional groups attached to an aromatic ring is 1. The van der Waals surface area contributed by atoms with E-state index in [0.29, 0.717) is 12.8 Å². The molecular formula is C12H16FN3O3S. The third-order valence-corrected chi connectivity index (χ3v) is 5.34. The maximum Gasteiger partial charge on any atom is 0.245 e. The lowest BCUT2D eigenvalue weighted by Gasteiger charge is -2.30. The van der Waals surface area contributed by atoms with Gasteiger partial charge >= 0.3 is 0 Å². The van der Waals surface area contributed by atoms with Crippen LogP contribution in [0.25, 0.3) is 0 Å². The molecule has 1 heterocycles. The quantitative estimate of drug-likeness (QED) is 0.783. The fourth-order valence-electron chi connectivity index (χ4n) is 2.27. The van der Waals surface area contributed by atoms with E-state index in [0.717, 1.165) is 10.4 Å². The van der Waals surface area contributed by atoms with E-state index in [1.54, 1.807) is 0 Å². The van der Waals surface area contributed by atoms with Crippen molar-refractivity contribution in [3.8, 4) is 0 Å². The van der Waals surface area contributed by atoms with Crippen LogP contribution in [0, 0.1) is 11.7 Å². The summed E-state index contributed by atoms with van der Waals surface area (Å²) in [6.45, 7) is 0.273. The van der Waals surface area contributed by atoms with Gasteiger partial charge in [-0.15, -0.1) is 0 Å². The molecule has 1 amide bonds. The number of nitrogens with two attached hydrogens (primary N) is 2. The molecule has 4 N–H and O–H groups in total. The average Bonchev–Trinajstić information content (AvgIpc) is 2.41. The Morgan fingerprint density at radius 2 is 2.10 bits per heavy atom. The van der Waals surface area contributed by atoms with E-state index in [4.69, 9.17) is 11.5 Å². The summed E-state index contributed by atoms with van der Waals surface area (Å²) in [6.07, 6.45) is 1.09. The maximum atomic E-state index is 13.4. The minimum atomic E-state index is -3.92. The highest BCUT2D eigenvalue weighted by atomic mass is 32.2. The summed E-state index contributed by atoms with van der Waals surface area (Å²) in [7, 11) is -3.92. The van der Waals surface area contributed by atoms with E-state index >= 15 is 0 Å². The van der Waals surface area contributed by atoms with Crippen molar-refractivity contribution in [2.75, 3.05) is 18.8 Å². The molecule has 110 valence electrons. The van der Waals surface area contributed by atoms with Gasteiger partial charge in [0.15, 0.2) is 0 Å². The van der Waals surface area contributed by atoms with Crippen LogP contribution in [-0.2, 0) is 14.8 Å². The molecule has 1 atom stereocenters. The SMILES string of the molecule is NC(=O)C1CCCN(S(=O)(=O)c2cccc(F)c2N)C1. The monoisotopic (exact) mass is 301 g/mol. The first-order valence-corrected chi connectivity index (χ1v) is 7.61. The summed E-state index contributed by atoms with van der Waals surface area (Å²) in [4.78, 5) is 10.9. The van der Waals surface area contributed by atoms with Gasteiger partial charge in [-0.25, -0.2) is 12.8 Å². The number of para-hydroxylation sites is 1. The molecular weight excluding hydrogens is 285 g/mol. The number of hydrogen-bond acceptors (Lipinski definition) is 4. The zero-order chi connectivity index (χ0) is 14.9. The topological polar surface area (TPSA) is 106 Å². The van der Waals surface area contributed by atoms with Crippen LogP contribution in [0.2, 0.25) is 0 Å². The van der Waals surface area contributed by atoms with Crippen molar-refractivity contribution in [2.24, 2.45) is 11.7 Å². The number of piperidine rings is 1. The number of carbonyl (C=O) groups is 1. The number of hydrogen-bond donors (Lipinski definition) is 2. The van der Waals surface area contributed by atoms with E-state index in [2.05, 4.69) is 0 Å². The molecule has 1 saturated heterocycles. The Labute approximate surface area is 116 Å². The molecule has 2 rings (SSSR count). The highest BCUT2D eigenvalue weighted by Crippen LogP contribution is 2.28. The summed E-state index contributed by atoms with van der Waals surface area (Å²) in [6, 6.07) is 3.63. The first-order valence-electron chi connectivity index (χ1n) is 6.17. The van der Waals surface area contributed by atoms with E-state index in [-0.39, 0.29) is 18.0 Å². The van der Waals surface area contributed by atoms with Crippen LogP contribution in [0.1, 0.15) is 12.8 Å². The molecule has 20 heavy (non-hydrogen) atoms. The third kappa shape index (κ3) is 2.61. The van der Waals surface area contributed by atoms with Crippen molar-refractivity contribution in [3.63, 3.8) is 0 Å². The molecule has 0 spiro atoms. The van der Waals surface area contributed by atoms with Gasteiger partial charge in [0, 0.05) is 13.1 Å². The van der Waals surface area contributed by atoms with E-state index < -0.39 is 33.4 Å². The minimum Gasteiger partial charge on any atom is -0.395 e. The van der Waals surface area contributed by atoms with Gasteiger partial charge < -0.3 is 11.5 Å². The summed E-state index contributed by atoms with van der Waals surface area (Å²) < 4.78 is 39.4. The number of benzene rings is 1. The smallest absolute Gasteiger partial charge is 0.245 e. The maximum absolute atomic E-state index is 13.4. The Kier molecular flexibility index (Phi) is 3.96. The first-order chi connectivity index (χ1) is 9.34. The molecule has 0 bridgehead atoms. The van der Waals surface area contributed by atoms with E-state index in [1.807, 2.05) is 0 Å². The number of nitrogens with zero attached hydrogens (tertiary/aromatic N) is 1. The van der Waals surface area contributed by atoms with Gasteiger partial charge in [-0.3, -0.25) is 4.79 Å². The van der Waals surface area contributed by atoms with Gasteiger partial charge in [0.05, 0.1) is 11.6 Å². The normalized spacial score (nSPS) is 20.8. The van der Waals surface area contributed by atoms with E-state index in [1.165, 1.54) is 12.1 Å². The van der Waals surface area contributed by atoms with E-state index in [9.17, 15) is 17.6 Å². The number of carbonyl (C=O) groups excluding carboxylic acids is 1. The van der Waals surface area contributed by atoms with Crippen LogP contribution < -0.4 is 11.5 Å². The Morgan fingerprint density at radius 3 is 2.75 bits per heavy atom. The van der Waals surface area contributed by atoms with Gasteiger partial charge in [0.25, 0.3) is 0 Å². The molecule has 1 aromatic carbocycles. The molecule has 1 aliphatic heterocycles. The van der Waals surface area contributed by atoms with Crippen molar-refractivity contribution in [1.29, 1.82) is 0 Å². The zero-order valence-electron chi connectivity index (χ0n) is 10.8. The molecule has 0 saturated carbocycles. The number of primary amides is 1. The van der Waals surface area contributed by atoms with Crippen LogP contribution in [0.3, 0.4) is 0 Å². The van der Waals surface area contributed by atoms with Gasteiger partial charge in [-0.05, 0) is 25.0 Å². The molecule has 1 fully saturated rings. The summed E-state index contributed by atoms with van der Waals surface area (Å²) in [5, 5.41) is 0. The number of halogens is 1. The fraction of sp³-hybridized carbons (Fsp3) is 0.417. The predicted octanol–water partition coefficient (Wildman–Crippen LogP) is 0.294. The molecule has 0 aliphatic carbocycles. The second-order valence-corrected chi connectivity index (χ2v) is 6.66. The molecule has 1 unspecified atom stereocenters. The second kappa shape index (κ2) is 5.37. The number of sulfonamides is 1. The number of rotatable bonds is 3. The van der Waals surface area contributed by atoms with Crippen LogP contribution in [-0.4, -0.2) is 31.7 Å². The van der Waals surface area contributed by atoms with Crippen LogP contribution in [0.15, 0.2) is 23.1 Å². The van der Waals surface area contributed by atoms with Gasteiger partial charge in [-0.1, -0.05) is 6.07 Å². The standard InChI is InChI=1S/C12H16FN3O3S/c13-9-4-1-5-10(11(9)14)20(18,19)16-6-2-3-8(7-16)12(15)17/h1,4-5,8H,2-3,6-7,14H2,(H2,15,17). The third-order valence-electron chi connectivity index (χ3n) is 3.42. The lowest BCUT2D eigenvalue weighted by Crippen LogP contribution is -2.44. The fourth-order valence-corrected chi connectivity index (χ4v) is 3.92. The minimum absolute atomic E-state index is 0.00756. The number of anilines is 1. The van der Waals surface area contributed by atoms with Crippen molar-refractivity contribution in [1.82, 2.24) is 4.31 Å². The molecule has 1 aliphatic rings. The first kappa shape index (κ1) is 14.7. The van der Waals surface area contributed by atoms with Gasteiger partial charge in [-0.2, -0.15) is 4.31 Å². The molecule has 0 aromatic heterocycles. The Hall–Kier alpha value is -1.67. The largest absolute Gasteiger partial charge is 0.395 e. The van der Waals surface area contributed by atoms with Crippen molar-refractivity contribution in [2.45, 2.75) is 17.7 Å². The Morgan fingerprint density at radius 1 is 1.40 bits per heavy atom. The van der Waals surface area contributed by atoms with Gasteiger partial charge in [0.2, 0.25) is 15.9 Å².